The van der Waals surface area contributed by atoms with Gasteiger partial charge in [0.1, 0.15) is 5.82 Å². The highest BCUT2D eigenvalue weighted by atomic mass is 16.5. The predicted molar refractivity (Wildman–Crippen MR) is 100 cm³/mol. The molecule has 0 bridgehead atoms. The Morgan fingerprint density at radius 2 is 1.52 bits per heavy atom. The maximum Gasteiger partial charge on any atom is 0.105 e. The molecule has 0 saturated carbocycles. The van der Waals surface area contributed by atoms with Crippen LogP contribution in [0.15, 0.2) is 11.4 Å². The molecule has 0 N–H and O–H groups in total. The number of allylic oxidation sites excluding steroid dienone is 1. The summed E-state index contributed by atoms with van der Waals surface area (Å²) in [6.07, 6.45) is 2.60. The molecule has 0 aliphatic carbocycles. The van der Waals surface area contributed by atoms with Crippen LogP contribution < -0.4 is 0 Å². The van der Waals surface area contributed by atoms with Crippen LogP contribution in [-0.4, -0.2) is 60.9 Å². The van der Waals surface area contributed by atoms with Gasteiger partial charge in [-0.25, -0.2) is 0 Å². The van der Waals surface area contributed by atoms with Gasteiger partial charge >= 0.3 is 0 Å². The standard InChI is InChI=1S/C21H36N2O2/c1-14(2)17-6-8-22(16-10-24-11-16)20-19(17)18(15(3)4)7-9-23(20)21(5)12-25-13-21/h14-18H,6-13H2,1-5H3. The summed E-state index contributed by atoms with van der Waals surface area (Å²) in [6.45, 7) is 18.0. The fraction of sp³-hybridized carbons (Fsp3) is 0.905. The highest BCUT2D eigenvalue weighted by Crippen LogP contribution is 2.48. The number of ether oxygens (including phenoxy) is 2. The van der Waals surface area contributed by atoms with Crippen molar-refractivity contribution in [3.05, 3.63) is 11.4 Å². The Hall–Kier alpha value is -0.740. The van der Waals surface area contributed by atoms with E-state index in [4.69, 9.17) is 9.47 Å². The molecule has 2 atom stereocenters. The lowest BCUT2D eigenvalue weighted by Gasteiger charge is -2.59. The Morgan fingerprint density at radius 3 is 1.96 bits per heavy atom. The molecule has 0 aromatic carbocycles. The van der Waals surface area contributed by atoms with E-state index in [0.717, 1.165) is 50.1 Å². The summed E-state index contributed by atoms with van der Waals surface area (Å²) in [7, 11) is 0. The van der Waals surface area contributed by atoms with E-state index in [0.29, 0.717) is 6.04 Å². The molecule has 2 unspecified atom stereocenters. The van der Waals surface area contributed by atoms with Gasteiger partial charge < -0.3 is 19.3 Å². The van der Waals surface area contributed by atoms with Crippen molar-refractivity contribution in [1.29, 1.82) is 0 Å². The predicted octanol–water partition coefficient (Wildman–Crippen LogP) is 3.34. The molecule has 4 aliphatic rings. The van der Waals surface area contributed by atoms with Gasteiger partial charge in [-0.3, -0.25) is 0 Å². The first-order valence-corrected chi connectivity index (χ1v) is 10.4. The van der Waals surface area contributed by atoms with Crippen LogP contribution in [0, 0.1) is 23.7 Å². The van der Waals surface area contributed by atoms with Crippen LogP contribution in [0.25, 0.3) is 0 Å². The summed E-state index contributed by atoms with van der Waals surface area (Å²) in [5.41, 5.74) is 1.95. The highest BCUT2D eigenvalue weighted by Gasteiger charge is 2.49. The normalized spacial score (nSPS) is 32.8. The van der Waals surface area contributed by atoms with Crippen molar-refractivity contribution < 1.29 is 9.47 Å². The molecule has 0 aromatic rings. The maximum atomic E-state index is 5.65. The molecule has 25 heavy (non-hydrogen) atoms. The number of nitrogens with zero attached hydrogens (tertiary/aromatic N) is 2. The first kappa shape index (κ1) is 17.7. The zero-order valence-electron chi connectivity index (χ0n) is 16.8. The van der Waals surface area contributed by atoms with Crippen LogP contribution in [0.1, 0.15) is 47.5 Å². The highest BCUT2D eigenvalue weighted by molar-refractivity contribution is 5.28. The molecule has 2 fully saturated rings. The zero-order chi connectivity index (χ0) is 17.8. The first-order valence-electron chi connectivity index (χ1n) is 10.4. The summed E-state index contributed by atoms with van der Waals surface area (Å²) in [5.74, 6) is 4.47. The summed E-state index contributed by atoms with van der Waals surface area (Å²) in [6, 6.07) is 0.580. The van der Waals surface area contributed by atoms with Crippen LogP contribution in [0.4, 0.5) is 0 Å². The van der Waals surface area contributed by atoms with Crippen molar-refractivity contribution in [2.75, 3.05) is 39.5 Å². The van der Waals surface area contributed by atoms with Gasteiger partial charge in [0.15, 0.2) is 0 Å². The van der Waals surface area contributed by atoms with Crippen LogP contribution in [-0.2, 0) is 9.47 Å². The Kier molecular flexibility index (Phi) is 4.56. The van der Waals surface area contributed by atoms with E-state index in [1.807, 2.05) is 0 Å². The van der Waals surface area contributed by atoms with Crippen LogP contribution >= 0.6 is 0 Å². The van der Waals surface area contributed by atoms with Crippen LogP contribution in [0.2, 0.25) is 0 Å². The average molecular weight is 349 g/mol. The van der Waals surface area contributed by atoms with Crippen molar-refractivity contribution in [2.24, 2.45) is 23.7 Å². The van der Waals surface area contributed by atoms with Gasteiger partial charge in [0, 0.05) is 13.1 Å². The summed E-state index contributed by atoms with van der Waals surface area (Å²) in [4.78, 5) is 5.45. The molecule has 0 amide bonds. The lowest BCUT2D eigenvalue weighted by molar-refractivity contribution is -0.145. The van der Waals surface area contributed by atoms with Crippen molar-refractivity contribution in [3.63, 3.8) is 0 Å². The minimum absolute atomic E-state index is 0.185. The lowest BCUT2D eigenvalue weighted by Crippen LogP contribution is -2.66. The van der Waals surface area contributed by atoms with Gasteiger partial charge in [-0.05, 0) is 49.0 Å². The molecular formula is C21H36N2O2. The van der Waals surface area contributed by atoms with E-state index < -0.39 is 0 Å². The Balaban J connectivity index is 1.80. The third kappa shape index (κ3) is 2.80. The summed E-state index contributed by atoms with van der Waals surface area (Å²) < 4.78 is 11.2. The van der Waals surface area contributed by atoms with Gasteiger partial charge in [0.2, 0.25) is 0 Å². The molecule has 4 nitrogen and oxygen atoms in total. The van der Waals surface area contributed by atoms with E-state index in [1.165, 1.54) is 25.9 Å². The second-order valence-corrected chi connectivity index (χ2v) is 9.58. The van der Waals surface area contributed by atoms with Gasteiger partial charge in [-0.1, -0.05) is 27.7 Å². The molecule has 4 heterocycles. The van der Waals surface area contributed by atoms with Crippen molar-refractivity contribution in [3.8, 4) is 0 Å². The Bertz CT molecular complexity index is 522. The van der Waals surface area contributed by atoms with Gasteiger partial charge in [0.25, 0.3) is 0 Å². The number of rotatable bonds is 4. The molecule has 0 aromatic heterocycles. The van der Waals surface area contributed by atoms with E-state index in [1.54, 1.807) is 11.4 Å². The molecule has 2 saturated heterocycles. The minimum atomic E-state index is 0.185. The van der Waals surface area contributed by atoms with Gasteiger partial charge in [0.05, 0.1) is 38.0 Å². The number of hydrogen-bond acceptors (Lipinski definition) is 4. The molecule has 4 aliphatic heterocycles. The lowest BCUT2D eigenvalue weighted by atomic mass is 9.70. The van der Waals surface area contributed by atoms with E-state index >= 15 is 0 Å². The molecule has 0 spiro atoms. The van der Waals surface area contributed by atoms with E-state index in [9.17, 15) is 0 Å². The monoisotopic (exact) mass is 348 g/mol. The third-order valence-corrected chi connectivity index (χ3v) is 7.08. The first-order chi connectivity index (χ1) is 11.9. The number of hydrogen-bond donors (Lipinski definition) is 0. The smallest absolute Gasteiger partial charge is 0.105 e. The van der Waals surface area contributed by atoms with E-state index in [2.05, 4.69) is 44.4 Å². The summed E-state index contributed by atoms with van der Waals surface area (Å²) >= 11 is 0. The molecule has 4 heteroatoms. The SMILES string of the molecule is CC(C)C1CCN(C2COC2)C2=C1C(C(C)C)CCN2C1(C)COC1. The molecular weight excluding hydrogens is 312 g/mol. The second-order valence-electron chi connectivity index (χ2n) is 9.58. The van der Waals surface area contributed by atoms with Gasteiger partial charge in [-0.2, -0.15) is 0 Å². The van der Waals surface area contributed by atoms with Crippen LogP contribution in [0.3, 0.4) is 0 Å². The second kappa shape index (κ2) is 6.45. The fourth-order valence-electron chi connectivity index (χ4n) is 5.38. The van der Waals surface area contributed by atoms with Crippen molar-refractivity contribution >= 4 is 0 Å². The maximum absolute atomic E-state index is 5.65. The Morgan fingerprint density at radius 1 is 0.920 bits per heavy atom. The van der Waals surface area contributed by atoms with E-state index in [-0.39, 0.29) is 5.54 Å². The molecule has 0 radical (unpaired) electrons. The topological polar surface area (TPSA) is 24.9 Å². The minimum Gasteiger partial charge on any atom is -0.377 e. The van der Waals surface area contributed by atoms with Crippen LogP contribution in [0.5, 0.6) is 0 Å². The van der Waals surface area contributed by atoms with Crippen molar-refractivity contribution in [2.45, 2.75) is 59.0 Å². The fourth-order valence-corrected chi connectivity index (χ4v) is 5.38. The third-order valence-electron chi connectivity index (χ3n) is 7.08. The largest absolute Gasteiger partial charge is 0.377 e. The Labute approximate surface area is 153 Å². The van der Waals surface area contributed by atoms with Gasteiger partial charge in [-0.15, -0.1) is 0 Å². The summed E-state index contributed by atoms with van der Waals surface area (Å²) in [5, 5.41) is 0. The zero-order valence-corrected chi connectivity index (χ0v) is 16.8. The molecule has 4 rings (SSSR count). The average Bonchev–Trinajstić information content (AvgIpc) is 2.49. The van der Waals surface area contributed by atoms with Crippen molar-refractivity contribution in [1.82, 2.24) is 9.80 Å². The quantitative estimate of drug-likeness (QED) is 0.778. The molecule has 142 valence electrons.